The van der Waals surface area contributed by atoms with Crippen molar-refractivity contribution >= 4 is 40.8 Å². The van der Waals surface area contributed by atoms with Gasteiger partial charge in [0.15, 0.2) is 0 Å². The first kappa shape index (κ1) is 12.3. The SMILES string of the molecule is CCOC(=O)C(Cl)C(C)C(Cl)Cl. The van der Waals surface area contributed by atoms with Crippen LogP contribution in [0.25, 0.3) is 0 Å². The zero-order chi connectivity index (χ0) is 9.72. The fourth-order valence-electron chi connectivity index (χ4n) is 0.564. The summed E-state index contributed by atoms with van der Waals surface area (Å²) < 4.78 is 4.69. The second-order valence-electron chi connectivity index (χ2n) is 2.35. The van der Waals surface area contributed by atoms with E-state index in [1.807, 2.05) is 0 Å². The Labute approximate surface area is 87.1 Å². The molecule has 0 radical (unpaired) electrons. The molecule has 2 unspecified atom stereocenters. The first-order valence-electron chi connectivity index (χ1n) is 3.59. The molecule has 2 nitrogen and oxygen atoms in total. The third kappa shape index (κ3) is 3.83. The molecule has 0 aromatic heterocycles. The maximum atomic E-state index is 11.0. The molecule has 72 valence electrons. The first-order valence-corrected chi connectivity index (χ1v) is 4.90. The van der Waals surface area contributed by atoms with Crippen LogP contribution in [0, 0.1) is 5.92 Å². The van der Waals surface area contributed by atoms with Crippen LogP contribution in [-0.2, 0) is 9.53 Å². The zero-order valence-electron chi connectivity index (χ0n) is 6.89. The van der Waals surface area contributed by atoms with Crippen LogP contribution in [0.15, 0.2) is 0 Å². The fourth-order valence-corrected chi connectivity index (χ4v) is 1.21. The summed E-state index contributed by atoms with van der Waals surface area (Å²) in [4.78, 5) is 10.4. The normalized spacial score (nSPS) is 15.8. The average molecular weight is 234 g/mol. The molecule has 0 aromatic rings. The van der Waals surface area contributed by atoms with E-state index in [4.69, 9.17) is 34.8 Å². The number of halogens is 3. The van der Waals surface area contributed by atoms with Crippen molar-refractivity contribution in [3.8, 4) is 0 Å². The van der Waals surface area contributed by atoms with Crippen molar-refractivity contribution in [3.63, 3.8) is 0 Å². The quantitative estimate of drug-likeness (QED) is 0.551. The van der Waals surface area contributed by atoms with Crippen LogP contribution in [0.3, 0.4) is 0 Å². The molecule has 0 rings (SSSR count). The fraction of sp³-hybridized carbons (Fsp3) is 0.857. The van der Waals surface area contributed by atoms with Crippen molar-refractivity contribution in [1.82, 2.24) is 0 Å². The van der Waals surface area contributed by atoms with E-state index in [0.717, 1.165) is 0 Å². The van der Waals surface area contributed by atoms with Gasteiger partial charge in [-0.3, -0.25) is 4.79 Å². The Kier molecular flexibility index (Phi) is 6.06. The van der Waals surface area contributed by atoms with E-state index in [9.17, 15) is 4.79 Å². The molecule has 0 aliphatic carbocycles. The van der Waals surface area contributed by atoms with E-state index in [0.29, 0.717) is 6.61 Å². The van der Waals surface area contributed by atoms with Gasteiger partial charge in [0, 0.05) is 5.92 Å². The molecule has 0 saturated carbocycles. The van der Waals surface area contributed by atoms with Gasteiger partial charge in [-0.2, -0.15) is 0 Å². The highest BCUT2D eigenvalue weighted by Crippen LogP contribution is 2.22. The Bertz CT molecular complexity index is 150. The molecule has 0 spiro atoms. The van der Waals surface area contributed by atoms with Gasteiger partial charge in [0.25, 0.3) is 0 Å². The molecule has 0 aromatic carbocycles. The maximum Gasteiger partial charge on any atom is 0.324 e. The highest BCUT2D eigenvalue weighted by atomic mass is 35.5. The van der Waals surface area contributed by atoms with Crippen LogP contribution in [0.4, 0.5) is 0 Å². The van der Waals surface area contributed by atoms with Gasteiger partial charge in [-0.05, 0) is 6.92 Å². The van der Waals surface area contributed by atoms with Crippen molar-refractivity contribution in [3.05, 3.63) is 0 Å². The van der Waals surface area contributed by atoms with Crippen molar-refractivity contribution in [2.75, 3.05) is 6.61 Å². The van der Waals surface area contributed by atoms with Gasteiger partial charge in [0.2, 0.25) is 0 Å². The lowest BCUT2D eigenvalue weighted by molar-refractivity contribution is -0.143. The lowest BCUT2D eigenvalue weighted by atomic mass is 10.1. The highest BCUT2D eigenvalue weighted by Gasteiger charge is 2.28. The van der Waals surface area contributed by atoms with Crippen molar-refractivity contribution < 1.29 is 9.53 Å². The minimum absolute atomic E-state index is 0.310. The molecule has 0 aliphatic heterocycles. The number of carbonyl (C=O) groups is 1. The molecule has 2 atom stereocenters. The Morgan fingerprint density at radius 2 is 1.92 bits per heavy atom. The maximum absolute atomic E-state index is 11.0. The standard InChI is InChI=1S/C7H11Cl3O2/c1-3-12-7(11)5(8)4(2)6(9)10/h4-6H,3H2,1-2H3. The van der Waals surface area contributed by atoms with Gasteiger partial charge in [-0.15, -0.1) is 34.8 Å². The molecule has 0 N–H and O–H groups in total. The topological polar surface area (TPSA) is 26.3 Å². The number of esters is 1. The lowest BCUT2D eigenvalue weighted by Gasteiger charge is -2.16. The van der Waals surface area contributed by atoms with Crippen LogP contribution < -0.4 is 0 Å². The van der Waals surface area contributed by atoms with Gasteiger partial charge in [-0.1, -0.05) is 6.92 Å². The number of ether oxygens (including phenoxy) is 1. The highest BCUT2D eigenvalue weighted by molar-refractivity contribution is 6.45. The van der Waals surface area contributed by atoms with E-state index in [1.165, 1.54) is 0 Å². The third-order valence-electron chi connectivity index (χ3n) is 1.37. The average Bonchev–Trinajstić information content (AvgIpc) is 2.02. The second-order valence-corrected chi connectivity index (χ2v) is 3.98. The van der Waals surface area contributed by atoms with E-state index in [1.54, 1.807) is 13.8 Å². The first-order chi connectivity index (χ1) is 5.50. The van der Waals surface area contributed by atoms with Gasteiger partial charge in [0.05, 0.1) is 6.61 Å². The molecule has 5 heteroatoms. The summed E-state index contributed by atoms with van der Waals surface area (Å²) in [5, 5.41) is -0.773. The largest absolute Gasteiger partial charge is 0.465 e. The summed E-state index contributed by atoms with van der Waals surface area (Å²) in [6.07, 6.45) is 0. The van der Waals surface area contributed by atoms with Crippen molar-refractivity contribution in [2.45, 2.75) is 24.1 Å². The molecule has 0 amide bonds. The smallest absolute Gasteiger partial charge is 0.324 e. The second kappa shape index (κ2) is 5.90. The van der Waals surface area contributed by atoms with Crippen LogP contribution >= 0.6 is 34.8 Å². The lowest BCUT2D eigenvalue weighted by Crippen LogP contribution is -2.28. The molecular weight excluding hydrogens is 222 g/mol. The Morgan fingerprint density at radius 3 is 2.25 bits per heavy atom. The zero-order valence-corrected chi connectivity index (χ0v) is 9.16. The molecule has 12 heavy (non-hydrogen) atoms. The predicted molar refractivity (Wildman–Crippen MR) is 50.9 cm³/mol. The van der Waals surface area contributed by atoms with E-state index in [2.05, 4.69) is 4.74 Å². The summed E-state index contributed by atoms with van der Waals surface area (Å²) >= 11 is 16.8. The molecule has 0 heterocycles. The number of rotatable bonds is 4. The van der Waals surface area contributed by atoms with Gasteiger partial charge in [-0.25, -0.2) is 0 Å². The molecule has 0 fully saturated rings. The van der Waals surface area contributed by atoms with E-state index >= 15 is 0 Å². The number of alkyl halides is 3. The summed E-state index contributed by atoms with van der Waals surface area (Å²) in [6, 6.07) is 0. The number of carbonyl (C=O) groups excluding carboxylic acids is 1. The third-order valence-corrected chi connectivity index (χ3v) is 2.74. The minimum Gasteiger partial charge on any atom is -0.465 e. The van der Waals surface area contributed by atoms with E-state index < -0.39 is 16.2 Å². The number of hydrogen-bond acceptors (Lipinski definition) is 2. The summed E-state index contributed by atoms with van der Waals surface area (Å²) in [5.41, 5.74) is 0. The van der Waals surface area contributed by atoms with Crippen molar-refractivity contribution in [1.29, 1.82) is 0 Å². The van der Waals surface area contributed by atoms with Crippen LogP contribution in [0.5, 0.6) is 0 Å². The predicted octanol–water partition coefficient (Wildman–Crippen LogP) is 2.60. The monoisotopic (exact) mass is 232 g/mol. The molecule has 0 saturated heterocycles. The van der Waals surface area contributed by atoms with Gasteiger partial charge in [0.1, 0.15) is 10.2 Å². The molecule has 0 aliphatic rings. The molecular formula is C7H11Cl3O2. The van der Waals surface area contributed by atoms with Crippen LogP contribution in [-0.4, -0.2) is 22.8 Å². The van der Waals surface area contributed by atoms with Gasteiger partial charge >= 0.3 is 5.97 Å². The molecule has 0 bridgehead atoms. The van der Waals surface area contributed by atoms with Gasteiger partial charge < -0.3 is 4.74 Å². The van der Waals surface area contributed by atoms with Crippen molar-refractivity contribution in [2.24, 2.45) is 5.92 Å². The Hall–Kier alpha value is 0.340. The summed E-state index contributed by atoms with van der Waals surface area (Å²) in [6.45, 7) is 3.72. The Morgan fingerprint density at radius 1 is 1.42 bits per heavy atom. The summed E-state index contributed by atoms with van der Waals surface area (Å²) in [7, 11) is 0. The van der Waals surface area contributed by atoms with Crippen LogP contribution in [0.2, 0.25) is 0 Å². The van der Waals surface area contributed by atoms with Crippen LogP contribution in [0.1, 0.15) is 13.8 Å². The number of hydrogen-bond donors (Lipinski definition) is 0. The summed E-state index contributed by atoms with van der Waals surface area (Å²) in [5.74, 6) is -0.785. The minimum atomic E-state index is -0.773. The Balaban J connectivity index is 4.00. The van der Waals surface area contributed by atoms with E-state index in [-0.39, 0.29) is 5.92 Å².